The van der Waals surface area contributed by atoms with E-state index in [0.29, 0.717) is 0 Å². The maximum absolute atomic E-state index is 8.90. The highest BCUT2D eigenvalue weighted by molar-refractivity contribution is 9.10. The largest absolute Gasteiger partial charge is 0.384 e. The van der Waals surface area contributed by atoms with Gasteiger partial charge in [-0.1, -0.05) is 55.8 Å². The van der Waals surface area contributed by atoms with Gasteiger partial charge in [-0.25, -0.2) is 0 Å². The Hall–Kier alpha value is -1.99. The van der Waals surface area contributed by atoms with E-state index in [1.807, 2.05) is 13.0 Å². The standard InChI is InChI=1S/C12H14N2.C11H14BrN/c1-8-4-10-11(5-9(8)6-13)14-7-12(10,2)3;1-7-4-8-10(5-9(7)12)13-6-11(8,2)3/h4-5,14H,7H2,1-3H3;4-5,13H,6H2,1-3H3. The number of halogens is 1. The minimum Gasteiger partial charge on any atom is -0.384 e. The number of rotatable bonds is 0. The van der Waals surface area contributed by atoms with Crippen LogP contribution in [0, 0.1) is 25.2 Å². The maximum Gasteiger partial charge on any atom is 0.0995 e. The fourth-order valence-corrected chi connectivity index (χ4v) is 4.09. The summed E-state index contributed by atoms with van der Waals surface area (Å²) in [5, 5.41) is 15.7. The molecule has 0 amide bonds. The molecule has 0 spiro atoms. The van der Waals surface area contributed by atoms with Gasteiger partial charge in [0.1, 0.15) is 0 Å². The predicted molar refractivity (Wildman–Crippen MR) is 118 cm³/mol. The Bertz CT molecular complexity index is 936. The lowest BCUT2D eigenvalue weighted by Gasteiger charge is -2.17. The summed E-state index contributed by atoms with van der Waals surface area (Å²) in [4.78, 5) is 0. The molecule has 0 atom stereocenters. The Morgan fingerprint density at radius 2 is 1.33 bits per heavy atom. The van der Waals surface area contributed by atoms with Crippen LogP contribution in [-0.2, 0) is 10.8 Å². The van der Waals surface area contributed by atoms with E-state index in [0.717, 1.165) is 29.9 Å². The molecular formula is C23H28BrN3. The molecule has 2 heterocycles. The van der Waals surface area contributed by atoms with Crippen molar-refractivity contribution in [3.8, 4) is 6.07 Å². The molecule has 2 N–H and O–H groups in total. The van der Waals surface area contributed by atoms with Crippen molar-refractivity contribution in [2.45, 2.75) is 52.4 Å². The molecule has 2 aliphatic rings. The molecule has 142 valence electrons. The molecule has 0 fully saturated rings. The number of nitriles is 1. The molecule has 0 unspecified atom stereocenters. The normalized spacial score (nSPS) is 17.6. The van der Waals surface area contributed by atoms with Crippen molar-refractivity contribution in [3.63, 3.8) is 0 Å². The number of fused-ring (bicyclic) bond motifs is 2. The van der Waals surface area contributed by atoms with E-state index in [-0.39, 0.29) is 10.8 Å². The zero-order chi connectivity index (χ0) is 20.0. The second-order valence-corrected chi connectivity index (χ2v) is 9.80. The van der Waals surface area contributed by atoms with Crippen molar-refractivity contribution < 1.29 is 0 Å². The van der Waals surface area contributed by atoms with Gasteiger partial charge in [0.25, 0.3) is 0 Å². The third kappa shape index (κ3) is 3.71. The Morgan fingerprint density at radius 3 is 1.85 bits per heavy atom. The number of benzene rings is 2. The molecule has 27 heavy (non-hydrogen) atoms. The molecule has 0 radical (unpaired) electrons. The molecule has 4 heteroatoms. The first-order valence-electron chi connectivity index (χ1n) is 9.39. The van der Waals surface area contributed by atoms with E-state index in [2.05, 4.69) is 85.5 Å². The summed E-state index contributed by atoms with van der Waals surface area (Å²) >= 11 is 3.55. The summed E-state index contributed by atoms with van der Waals surface area (Å²) in [6.07, 6.45) is 0. The fourth-order valence-electron chi connectivity index (χ4n) is 3.75. The summed E-state index contributed by atoms with van der Waals surface area (Å²) in [6, 6.07) is 10.8. The average Bonchev–Trinajstić information content (AvgIpc) is 3.05. The van der Waals surface area contributed by atoms with Crippen LogP contribution in [0.3, 0.4) is 0 Å². The molecule has 0 saturated carbocycles. The number of anilines is 2. The van der Waals surface area contributed by atoms with Gasteiger partial charge >= 0.3 is 0 Å². The molecule has 3 nitrogen and oxygen atoms in total. The molecule has 0 aromatic heterocycles. The minimum atomic E-state index is 0.189. The van der Waals surface area contributed by atoms with Crippen LogP contribution >= 0.6 is 15.9 Å². The van der Waals surface area contributed by atoms with Gasteiger partial charge in [0.15, 0.2) is 0 Å². The van der Waals surface area contributed by atoms with Crippen LogP contribution in [-0.4, -0.2) is 13.1 Å². The first-order chi connectivity index (χ1) is 12.5. The van der Waals surface area contributed by atoms with Crippen molar-refractivity contribution in [1.29, 1.82) is 5.26 Å². The molecule has 0 bridgehead atoms. The van der Waals surface area contributed by atoms with Crippen molar-refractivity contribution >= 4 is 27.3 Å². The van der Waals surface area contributed by atoms with Gasteiger partial charge in [0.2, 0.25) is 0 Å². The Labute approximate surface area is 171 Å². The monoisotopic (exact) mass is 425 g/mol. The topological polar surface area (TPSA) is 47.9 Å². The maximum atomic E-state index is 8.90. The van der Waals surface area contributed by atoms with E-state index in [1.54, 1.807) is 0 Å². The highest BCUT2D eigenvalue weighted by Gasteiger charge is 2.30. The minimum absolute atomic E-state index is 0.189. The second-order valence-electron chi connectivity index (χ2n) is 8.95. The number of hydrogen-bond acceptors (Lipinski definition) is 3. The van der Waals surface area contributed by atoms with E-state index in [4.69, 9.17) is 5.26 Å². The van der Waals surface area contributed by atoms with Crippen LogP contribution in [0.2, 0.25) is 0 Å². The van der Waals surface area contributed by atoms with Crippen LogP contribution < -0.4 is 10.6 Å². The lowest BCUT2D eigenvalue weighted by atomic mass is 9.85. The number of nitrogens with zero attached hydrogens (tertiary/aromatic N) is 1. The van der Waals surface area contributed by atoms with E-state index in [1.165, 1.54) is 26.9 Å². The average molecular weight is 426 g/mol. The summed E-state index contributed by atoms with van der Waals surface area (Å²) < 4.78 is 1.19. The van der Waals surface area contributed by atoms with Gasteiger partial charge in [0, 0.05) is 39.8 Å². The van der Waals surface area contributed by atoms with Crippen LogP contribution in [0.25, 0.3) is 0 Å². The molecular weight excluding hydrogens is 398 g/mol. The Balaban J connectivity index is 0.000000156. The van der Waals surface area contributed by atoms with Gasteiger partial charge in [0.05, 0.1) is 11.6 Å². The van der Waals surface area contributed by atoms with Gasteiger partial charge in [-0.3, -0.25) is 0 Å². The highest BCUT2D eigenvalue weighted by Crippen LogP contribution is 2.39. The summed E-state index contributed by atoms with van der Waals surface area (Å²) in [5.41, 5.74) is 8.80. The van der Waals surface area contributed by atoms with Crippen molar-refractivity contribution in [1.82, 2.24) is 0 Å². The Morgan fingerprint density at radius 1 is 0.852 bits per heavy atom. The second kappa shape index (κ2) is 6.87. The lowest BCUT2D eigenvalue weighted by molar-refractivity contribution is 0.585. The van der Waals surface area contributed by atoms with Crippen LogP contribution in [0.1, 0.15) is 55.5 Å². The van der Waals surface area contributed by atoms with Gasteiger partial charge in [-0.05, 0) is 48.2 Å². The number of hydrogen-bond donors (Lipinski definition) is 2. The first kappa shape index (κ1) is 19.8. The highest BCUT2D eigenvalue weighted by atomic mass is 79.9. The van der Waals surface area contributed by atoms with E-state index in [9.17, 15) is 0 Å². The van der Waals surface area contributed by atoms with E-state index >= 15 is 0 Å². The molecule has 4 rings (SSSR count). The molecule has 2 aromatic carbocycles. The fraction of sp³-hybridized carbons (Fsp3) is 0.435. The third-order valence-electron chi connectivity index (χ3n) is 5.68. The third-order valence-corrected chi connectivity index (χ3v) is 6.54. The summed E-state index contributed by atoms with van der Waals surface area (Å²) in [7, 11) is 0. The van der Waals surface area contributed by atoms with Crippen LogP contribution in [0.15, 0.2) is 28.7 Å². The van der Waals surface area contributed by atoms with Gasteiger partial charge < -0.3 is 10.6 Å². The van der Waals surface area contributed by atoms with Gasteiger partial charge in [-0.15, -0.1) is 0 Å². The number of aryl methyl sites for hydroxylation is 2. The molecule has 2 aliphatic heterocycles. The van der Waals surface area contributed by atoms with Crippen molar-refractivity contribution in [3.05, 3.63) is 56.6 Å². The summed E-state index contributed by atoms with van der Waals surface area (Å²) in [5.74, 6) is 0. The predicted octanol–water partition coefficient (Wildman–Crippen LogP) is 6.03. The zero-order valence-corrected chi connectivity index (χ0v) is 18.6. The van der Waals surface area contributed by atoms with Crippen molar-refractivity contribution in [2.24, 2.45) is 0 Å². The van der Waals surface area contributed by atoms with Crippen molar-refractivity contribution in [2.75, 3.05) is 23.7 Å². The van der Waals surface area contributed by atoms with Crippen LogP contribution in [0.4, 0.5) is 11.4 Å². The quantitative estimate of drug-likeness (QED) is 0.541. The first-order valence-corrected chi connectivity index (χ1v) is 10.2. The van der Waals surface area contributed by atoms with Gasteiger partial charge in [-0.2, -0.15) is 5.26 Å². The smallest absolute Gasteiger partial charge is 0.0995 e. The Kier molecular flexibility index (Phi) is 5.03. The lowest BCUT2D eigenvalue weighted by Crippen LogP contribution is -2.18. The SMILES string of the molecule is Cc1cc2c(cc1Br)NCC2(C)C.Cc1cc2c(cc1C#N)NCC2(C)C. The summed E-state index contributed by atoms with van der Waals surface area (Å²) in [6.45, 7) is 15.1. The number of nitrogens with one attached hydrogen (secondary N) is 2. The van der Waals surface area contributed by atoms with E-state index < -0.39 is 0 Å². The molecule has 2 aromatic rings. The molecule has 0 saturated heterocycles. The zero-order valence-electron chi connectivity index (χ0n) is 17.0. The van der Waals surface area contributed by atoms with Crippen LogP contribution in [0.5, 0.6) is 0 Å². The molecule has 0 aliphatic carbocycles.